The molecule has 4 heterocycles. The average molecular weight is 416 g/mol. The van der Waals surface area contributed by atoms with Crippen LogP contribution in [0.15, 0.2) is 36.7 Å². The summed E-state index contributed by atoms with van der Waals surface area (Å²) in [6, 6.07) is 11.9. The molecule has 1 aromatic carbocycles. The lowest BCUT2D eigenvalue weighted by Gasteiger charge is -2.40. The number of fused-ring (bicyclic) bond motifs is 3. The second-order valence-corrected chi connectivity index (χ2v) is 9.92. The fraction of sp³-hybridized carbons (Fsp3) is 0.520. The van der Waals surface area contributed by atoms with Gasteiger partial charge in [0.25, 0.3) is 0 Å². The van der Waals surface area contributed by atoms with Crippen LogP contribution in [0, 0.1) is 11.8 Å². The van der Waals surface area contributed by atoms with Crippen LogP contribution < -0.4 is 5.32 Å². The van der Waals surface area contributed by atoms with Crippen molar-refractivity contribution in [3.8, 4) is 0 Å². The first-order chi connectivity index (χ1) is 15.3. The van der Waals surface area contributed by atoms with Crippen molar-refractivity contribution in [3.63, 3.8) is 0 Å². The molecule has 2 N–H and O–H groups in total. The SMILES string of the molecule is c1ccc2c(c1)CC[C@H](N1CC3COC[C@H]3C1)[C@H]2Nc1ncnc2[nH]c(C3CC3)cc12. The Balaban J connectivity index is 1.25. The van der Waals surface area contributed by atoms with Gasteiger partial charge in [-0.3, -0.25) is 4.90 Å². The van der Waals surface area contributed by atoms with E-state index in [2.05, 4.69) is 50.5 Å². The van der Waals surface area contributed by atoms with E-state index in [-0.39, 0.29) is 6.04 Å². The van der Waals surface area contributed by atoms with E-state index in [4.69, 9.17) is 9.72 Å². The van der Waals surface area contributed by atoms with Crippen molar-refractivity contribution in [2.24, 2.45) is 11.8 Å². The maximum Gasteiger partial charge on any atom is 0.143 e. The fourth-order valence-electron chi connectivity index (χ4n) is 6.14. The second kappa shape index (κ2) is 7.04. The molecule has 2 aromatic heterocycles. The number of hydrogen-bond donors (Lipinski definition) is 2. The van der Waals surface area contributed by atoms with Crippen LogP contribution in [0.2, 0.25) is 0 Å². The Labute approximate surface area is 182 Å². The molecule has 1 saturated carbocycles. The first kappa shape index (κ1) is 18.2. The topological polar surface area (TPSA) is 66.1 Å². The van der Waals surface area contributed by atoms with Crippen LogP contribution in [-0.2, 0) is 11.2 Å². The predicted molar refractivity (Wildman–Crippen MR) is 120 cm³/mol. The summed E-state index contributed by atoms with van der Waals surface area (Å²) in [6.45, 7) is 4.18. The van der Waals surface area contributed by atoms with E-state index in [1.807, 2.05) is 0 Å². The van der Waals surface area contributed by atoms with Gasteiger partial charge >= 0.3 is 0 Å². The van der Waals surface area contributed by atoms with Gasteiger partial charge in [0.05, 0.1) is 24.6 Å². The Morgan fingerprint density at radius 2 is 1.87 bits per heavy atom. The molecule has 3 fully saturated rings. The molecule has 31 heavy (non-hydrogen) atoms. The third-order valence-corrected chi connectivity index (χ3v) is 7.98. The minimum atomic E-state index is 0.238. The first-order valence-corrected chi connectivity index (χ1v) is 11.8. The van der Waals surface area contributed by atoms with Crippen molar-refractivity contribution in [3.05, 3.63) is 53.5 Å². The number of nitrogens with zero attached hydrogens (tertiary/aromatic N) is 3. The number of ether oxygens (including phenoxy) is 1. The predicted octanol–water partition coefficient (Wildman–Crippen LogP) is 3.88. The number of aromatic amines is 1. The van der Waals surface area contributed by atoms with E-state index < -0.39 is 0 Å². The molecule has 2 saturated heterocycles. The summed E-state index contributed by atoms with van der Waals surface area (Å²) in [4.78, 5) is 15.5. The van der Waals surface area contributed by atoms with Crippen molar-refractivity contribution in [2.45, 2.75) is 43.7 Å². The van der Waals surface area contributed by atoms with E-state index in [1.165, 1.54) is 36.1 Å². The average Bonchev–Trinajstić information content (AvgIpc) is 3.20. The second-order valence-electron chi connectivity index (χ2n) is 9.92. The lowest BCUT2D eigenvalue weighted by molar-refractivity contribution is 0.127. The molecule has 0 spiro atoms. The van der Waals surface area contributed by atoms with Gasteiger partial charge in [0.1, 0.15) is 17.8 Å². The molecule has 160 valence electrons. The van der Waals surface area contributed by atoms with Gasteiger partial charge in [-0.15, -0.1) is 0 Å². The Morgan fingerprint density at radius 1 is 1.03 bits per heavy atom. The number of aryl methyl sites for hydroxylation is 1. The highest BCUT2D eigenvalue weighted by molar-refractivity contribution is 5.88. The van der Waals surface area contributed by atoms with Gasteiger partial charge in [-0.05, 0) is 48.8 Å². The van der Waals surface area contributed by atoms with Crippen LogP contribution in [0.5, 0.6) is 0 Å². The quantitative estimate of drug-likeness (QED) is 0.677. The number of aromatic nitrogens is 3. The number of anilines is 1. The fourth-order valence-corrected chi connectivity index (χ4v) is 6.14. The maximum atomic E-state index is 5.74. The molecule has 0 bridgehead atoms. The summed E-state index contributed by atoms with van der Waals surface area (Å²) in [7, 11) is 0. The van der Waals surface area contributed by atoms with Crippen LogP contribution in [0.4, 0.5) is 5.82 Å². The van der Waals surface area contributed by atoms with Crippen molar-refractivity contribution >= 4 is 16.9 Å². The van der Waals surface area contributed by atoms with Gasteiger partial charge in [0, 0.05) is 36.7 Å². The number of nitrogens with one attached hydrogen (secondary N) is 2. The molecule has 2 aliphatic heterocycles. The number of hydrogen-bond acceptors (Lipinski definition) is 5. The number of rotatable bonds is 4. The van der Waals surface area contributed by atoms with Gasteiger partial charge in [-0.2, -0.15) is 0 Å². The van der Waals surface area contributed by atoms with Crippen molar-refractivity contribution in [1.82, 2.24) is 19.9 Å². The summed E-state index contributed by atoms with van der Waals surface area (Å²) < 4.78 is 5.74. The molecule has 6 heteroatoms. The monoisotopic (exact) mass is 415 g/mol. The molecule has 3 aromatic rings. The smallest absolute Gasteiger partial charge is 0.143 e. The Morgan fingerprint density at radius 3 is 2.71 bits per heavy atom. The van der Waals surface area contributed by atoms with E-state index >= 15 is 0 Å². The number of H-pyrrole nitrogens is 1. The largest absolute Gasteiger partial charge is 0.381 e. The van der Waals surface area contributed by atoms with Gasteiger partial charge < -0.3 is 15.0 Å². The lowest BCUT2D eigenvalue weighted by atomic mass is 9.83. The Bertz CT molecular complexity index is 1110. The number of benzene rings is 1. The molecule has 0 radical (unpaired) electrons. The molecule has 1 unspecified atom stereocenters. The van der Waals surface area contributed by atoms with E-state index in [1.54, 1.807) is 6.33 Å². The standard InChI is InChI=1S/C25H29N5O/c1-2-4-19-15(3-1)7-8-22(30-10-17-12-31-13-18(17)11-30)23(19)29-25-20-9-21(16-5-6-16)28-24(20)26-14-27-25/h1-4,9,14,16-18,22-23H,5-8,10-13H2,(H2,26,27,28,29)/t17-,18?,22+,23+/m1/s1. The van der Waals surface area contributed by atoms with Crippen molar-refractivity contribution in [1.29, 1.82) is 0 Å². The zero-order valence-electron chi connectivity index (χ0n) is 17.8. The van der Waals surface area contributed by atoms with Crippen LogP contribution >= 0.6 is 0 Å². The van der Waals surface area contributed by atoms with Gasteiger partial charge in [-0.25, -0.2) is 9.97 Å². The number of likely N-dealkylation sites (tertiary alicyclic amines) is 1. The Kier molecular flexibility index (Phi) is 4.12. The van der Waals surface area contributed by atoms with Gasteiger partial charge in [-0.1, -0.05) is 24.3 Å². The Hall–Kier alpha value is -2.44. The van der Waals surface area contributed by atoms with Crippen LogP contribution in [0.25, 0.3) is 11.0 Å². The molecular formula is C25H29N5O. The highest BCUT2D eigenvalue weighted by atomic mass is 16.5. The minimum absolute atomic E-state index is 0.238. The van der Waals surface area contributed by atoms with E-state index in [9.17, 15) is 0 Å². The summed E-state index contributed by atoms with van der Waals surface area (Å²) in [6.07, 6.45) is 6.59. The minimum Gasteiger partial charge on any atom is -0.381 e. The van der Waals surface area contributed by atoms with E-state index in [0.717, 1.165) is 49.6 Å². The van der Waals surface area contributed by atoms with E-state index in [0.29, 0.717) is 23.8 Å². The van der Waals surface area contributed by atoms with Crippen LogP contribution in [0.3, 0.4) is 0 Å². The molecule has 0 amide bonds. The van der Waals surface area contributed by atoms with Gasteiger partial charge in [0.2, 0.25) is 0 Å². The van der Waals surface area contributed by atoms with Crippen molar-refractivity contribution < 1.29 is 4.74 Å². The third-order valence-electron chi connectivity index (χ3n) is 7.98. The highest BCUT2D eigenvalue weighted by Gasteiger charge is 2.43. The summed E-state index contributed by atoms with van der Waals surface area (Å²) in [5.74, 6) is 3.04. The third kappa shape index (κ3) is 3.07. The van der Waals surface area contributed by atoms with Gasteiger partial charge in [0.15, 0.2) is 0 Å². The first-order valence-electron chi connectivity index (χ1n) is 11.8. The van der Waals surface area contributed by atoms with Crippen LogP contribution in [0.1, 0.15) is 48.0 Å². The lowest BCUT2D eigenvalue weighted by Crippen LogP contribution is -2.44. The maximum absolute atomic E-state index is 5.74. The zero-order chi connectivity index (χ0) is 20.4. The van der Waals surface area contributed by atoms with Crippen LogP contribution in [-0.4, -0.2) is 52.2 Å². The summed E-state index contributed by atoms with van der Waals surface area (Å²) >= 11 is 0. The molecule has 4 atom stereocenters. The molecule has 7 rings (SSSR count). The summed E-state index contributed by atoms with van der Waals surface area (Å²) in [5.41, 5.74) is 5.16. The molecule has 6 nitrogen and oxygen atoms in total. The summed E-state index contributed by atoms with van der Waals surface area (Å²) in [5, 5.41) is 5.02. The molecule has 4 aliphatic rings. The highest BCUT2D eigenvalue weighted by Crippen LogP contribution is 2.43. The molecule has 2 aliphatic carbocycles. The van der Waals surface area contributed by atoms with Crippen molar-refractivity contribution in [2.75, 3.05) is 31.6 Å². The molecular weight excluding hydrogens is 386 g/mol. The normalized spacial score (nSPS) is 30.5. The zero-order valence-corrected chi connectivity index (χ0v) is 17.8.